The van der Waals surface area contributed by atoms with Gasteiger partial charge >= 0.3 is 0 Å². The quantitative estimate of drug-likeness (QED) is 0.137. The lowest BCUT2D eigenvalue weighted by molar-refractivity contribution is 0.566. The van der Waals surface area contributed by atoms with E-state index in [0.717, 1.165) is 0 Å². The van der Waals surface area contributed by atoms with Crippen molar-refractivity contribution in [3.05, 3.63) is 112 Å². The molecule has 0 fully saturated rings. The van der Waals surface area contributed by atoms with E-state index in [2.05, 4.69) is 6.58 Å². The van der Waals surface area contributed by atoms with Gasteiger partial charge in [0.2, 0.25) is 0 Å². The molecule has 3 aromatic carbocycles. The topological polar surface area (TPSA) is 0 Å². The maximum Gasteiger partial charge on any atom is 0.166 e. The minimum atomic E-state index is -1.44. The van der Waals surface area contributed by atoms with E-state index in [1.807, 2.05) is 0 Å². The molecule has 0 aliphatic rings. The molecule has 0 bridgehead atoms. The van der Waals surface area contributed by atoms with Gasteiger partial charge in [0, 0.05) is 23.1 Å². The smallest absolute Gasteiger partial charge is 0.166 e. The molecule has 3 aromatic rings. The molecule has 170 valence electrons. The Hall–Kier alpha value is -3.25. The average Bonchev–Trinajstić information content (AvgIpc) is 2.84. The molecule has 0 radical (unpaired) electrons. The van der Waals surface area contributed by atoms with Gasteiger partial charge in [0.15, 0.2) is 17.5 Å². The van der Waals surface area contributed by atoms with Gasteiger partial charge < -0.3 is 0 Å². The molecule has 0 aromatic heterocycles. The van der Waals surface area contributed by atoms with Crippen LogP contribution in [0.2, 0.25) is 5.02 Å². The summed E-state index contributed by atoms with van der Waals surface area (Å²) in [5, 5.41) is -0.808. The predicted octanol–water partition coefficient (Wildman–Crippen LogP) is 9.62. The lowest BCUT2D eigenvalue weighted by atomic mass is 10.0. The summed E-state index contributed by atoms with van der Waals surface area (Å²) in [6, 6.07) is 12.7. The van der Waals surface area contributed by atoms with Crippen molar-refractivity contribution in [3.8, 4) is 11.1 Å². The molecule has 0 aliphatic carbocycles. The van der Waals surface area contributed by atoms with Crippen LogP contribution in [0, 0.1) is 11.6 Å². The Balaban J connectivity index is 1.84. The van der Waals surface area contributed by atoms with Crippen LogP contribution in [0.4, 0.5) is 26.3 Å². The summed E-state index contributed by atoms with van der Waals surface area (Å²) < 4.78 is 84.1. The van der Waals surface area contributed by atoms with Crippen molar-refractivity contribution in [3.63, 3.8) is 0 Å². The molecule has 0 aliphatic heterocycles. The Labute approximate surface area is 192 Å². The molecule has 0 atom stereocenters. The number of hydrogen-bond acceptors (Lipinski definition) is 0. The van der Waals surface area contributed by atoms with Gasteiger partial charge in [-0.05, 0) is 29.7 Å². The fourth-order valence-electron chi connectivity index (χ4n) is 3.05. The van der Waals surface area contributed by atoms with Crippen LogP contribution in [0.5, 0.6) is 0 Å². The van der Waals surface area contributed by atoms with Crippen LogP contribution in [-0.4, -0.2) is 0 Å². The summed E-state index contributed by atoms with van der Waals surface area (Å²) in [5.74, 6) is -6.98. The Morgan fingerprint density at radius 3 is 1.58 bits per heavy atom. The second-order valence-electron chi connectivity index (χ2n) is 7.08. The summed E-state index contributed by atoms with van der Waals surface area (Å²) in [5.41, 5.74) is 0.550. The highest BCUT2D eigenvalue weighted by Crippen LogP contribution is 2.33. The number of benzene rings is 3. The van der Waals surface area contributed by atoms with Crippen LogP contribution in [0.1, 0.15) is 29.5 Å². The van der Waals surface area contributed by atoms with Crippen LogP contribution >= 0.6 is 11.6 Å². The molecule has 0 heterocycles. The van der Waals surface area contributed by atoms with Crippen LogP contribution in [0.3, 0.4) is 0 Å². The Kier molecular flexibility index (Phi) is 7.82. The predicted molar refractivity (Wildman–Crippen MR) is 121 cm³/mol. The minimum absolute atomic E-state index is 0.0791. The number of halogens is 7. The third kappa shape index (κ3) is 5.57. The van der Waals surface area contributed by atoms with Crippen LogP contribution in [0.15, 0.2) is 79.1 Å². The van der Waals surface area contributed by atoms with Crippen molar-refractivity contribution >= 4 is 29.1 Å². The van der Waals surface area contributed by atoms with Crippen molar-refractivity contribution in [2.24, 2.45) is 0 Å². The zero-order chi connectivity index (χ0) is 24.1. The standard InChI is InChI=1S/C26H17ClF6/c1-2-3-4-20(28)24(31)17-9-5-15(6-10-17)16-7-11-18(12-8-16)25(32)26(33)19-13-21(29)23(27)22(30)14-19/h2,5-14H,1,3-4H2. The van der Waals surface area contributed by atoms with Gasteiger partial charge in [-0.3, -0.25) is 0 Å². The summed E-state index contributed by atoms with van der Waals surface area (Å²) in [7, 11) is 0. The van der Waals surface area contributed by atoms with Gasteiger partial charge in [-0.1, -0.05) is 66.2 Å². The molecular weight excluding hydrogens is 462 g/mol. The molecule has 0 unspecified atom stereocenters. The van der Waals surface area contributed by atoms with Gasteiger partial charge in [-0.25, -0.2) is 26.3 Å². The fraction of sp³-hybridized carbons (Fsp3) is 0.0769. The Bertz CT molecular complexity index is 1200. The van der Waals surface area contributed by atoms with Gasteiger partial charge in [0.1, 0.15) is 22.5 Å². The second-order valence-corrected chi connectivity index (χ2v) is 7.46. The molecule has 0 saturated carbocycles. The summed E-state index contributed by atoms with van der Waals surface area (Å²) in [6.07, 6.45) is 1.73. The van der Waals surface area contributed by atoms with Crippen molar-refractivity contribution < 1.29 is 26.3 Å². The first-order valence-electron chi connectivity index (χ1n) is 9.79. The molecule has 0 N–H and O–H groups in total. The summed E-state index contributed by atoms with van der Waals surface area (Å²) >= 11 is 5.36. The lowest BCUT2D eigenvalue weighted by Crippen LogP contribution is -1.90. The van der Waals surface area contributed by atoms with E-state index >= 15 is 0 Å². The molecular formula is C26H17ClF6. The maximum atomic E-state index is 14.6. The van der Waals surface area contributed by atoms with Gasteiger partial charge in [-0.15, -0.1) is 6.58 Å². The molecule has 33 heavy (non-hydrogen) atoms. The van der Waals surface area contributed by atoms with E-state index in [1.165, 1.54) is 42.5 Å². The van der Waals surface area contributed by atoms with Crippen molar-refractivity contribution in [2.45, 2.75) is 12.8 Å². The molecule has 0 spiro atoms. The molecule has 0 saturated heterocycles. The van der Waals surface area contributed by atoms with Gasteiger partial charge in [0.05, 0.1) is 0 Å². The molecule has 0 nitrogen and oxygen atoms in total. The number of rotatable bonds is 7. The average molecular weight is 479 g/mol. The minimum Gasteiger partial charge on any atom is -0.209 e. The Morgan fingerprint density at radius 2 is 1.12 bits per heavy atom. The third-order valence-electron chi connectivity index (χ3n) is 4.85. The van der Waals surface area contributed by atoms with E-state index < -0.39 is 45.5 Å². The highest BCUT2D eigenvalue weighted by atomic mass is 35.5. The first kappa shape index (κ1) is 24.4. The Morgan fingerprint density at radius 1 is 0.697 bits per heavy atom. The third-order valence-corrected chi connectivity index (χ3v) is 5.21. The highest BCUT2D eigenvalue weighted by molar-refractivity contribution is 6.30. The van der Waals surface area contributed by atoms with Gasteiger partial charge in [0.25, 0.3) is 0 Å². The molecule has 7 heteroatoms. The maximum absolute atomic E-state index is 14.6. The molecule has 0 amide bonds. The zero-order valence-electron chi connectivity index (χ0n) is 17.1. The van der Waals surface area contributed by atoms with E-state index in [1.54, 1.807) is 12.1 Å². The van der Waals surface area contributed by atoms with Crippen molar-refractivity contribution in [1.29, 1.82) is 0 Å². The van der Waals surface area contributed by atoms with E-state index in [0.29, 0.717) is 29.7 Å². The summed E-state index contributed by atoms with van der Waals surface area (Å²) in [4.78, 5) is 0. The second kappa shape index (κ2) is 10.6. The van der Waals surface area contributed by atoms with Crippen molar-refractivity contribution in [1.82, 2.24) is 0 Å². The van der Waals surface area contributed by atoms with Crippen LogP contribution in [-0.2, 0) is 0 Å². The van der Waals surface area contributed by atoms with E-state index in [9.17, 15) is 26.3 Å². The SMILES string of the molecule is C=CCCC(F)=C(F)c1ccc(-c2ccc(C(F)=C(F)c3cc(F)c(Cl)c(F)c3)cc2)cc1. The first-order valence-corrected chi connectivity index (χ1v) is 10.2. The van der Waals surface area contributed by atoms with E-state index in [-0.39, 0.29) is 17.5 Å². The highest BCUT2D eigenvalue weighted by Gasteiger charge is 2.16. The van der Waals surface area contributed by atoms with Crippen molar-refractivity contribution in [2.75, 3.05) is 0 Å². The van der Waals surface area contributed by atoms with Gasteiger partial charge in [-0.2, -0.15) is 0 Å². The monoisotopic (exact) mass is 478 g/mol. The summed E-state index contributed by atoms with van der Waals surface area (Å²) in [6.45, 7) is 3.47. The number of allylic oxidation sites excluding steroid dienone is 2. The lowest BCUT2D eigenvalue weighted by Gasteiger charge is -2.07. The van der Waals surface area contributed by atoms with Crippen LogP contribution in [0.25, 0.3) is 28.6 Å². The molecule has 3 rings (SSSR count). The first-order chi connectivity index (χ1) is 15.7. The van der Waals surface area contributed by atoms with Crippen LogP contribution < -0.4 is 0 Å². The normalized spacial score (nSPS) is 12.8. The largest absolute Gasteiger partial charge is 0.209 e. The number of hydrogen-bond donors (Lipinski definition) is 0. The van der Waals surface area contributed by atoms with E-state index in [4.69, 9.17) is 11.6 Å². The fourth-order valence-corrected chi connectivity index (χ4v) is 3.16. The zero-order valence-corrected chi connectivity index (χ0v) is 17.9.